The highest BCUT2D eigenvalue weighted by atomic mass is 16.3. The molecule has 0 bridgehead atoms. The van der Waals surface area contributed by atoms with Gasteiger partial charge in [0.25, 0.3) is 0 Å². The Balaban J connectivity index is 2.59. The summed E-state index contributed by atoms with van der Waals surface area (Å²) in [5.74, 6) is 0.0959. The summed E-state index contributed by atoms with van der Waals surface area (Å²) in [6.45, 7) is 6.04. The number of carbonyl (C=O) groups is 2. The zero-order chi connectivity index (χ0) is 13.5. The highest BCUT2D eigenvalue weighted by molar-refractivity contribution is 5.81. The predicted octanol–water partition coefficient (Wildman–Crippen LogP) is 0.476. The summed E-state index contributed by atoms with van der Waals surface area (Å²) in [5, 5.41) is 8.93. The molecular weight excluding hydrogens is 232 g/mol. The fourth-order valence-electron chi connectivity index (χ4n) is 2.43. The first-order valence-electron chi connectivity index (χ1n) is 6.81. The van der Waals surface area contributed by atoms with E-state index in [1.807, 2.05) is 13.8 Å². The Morgan fingerprint density at radius 3 is 2.67 bits per heavy atom. The molecule has 0 aromatic heterocycles. The van der Waals surface area contributed by atoms with Crippen molar-refractivity contribution in [2.24, 2.45) is 5.92 Å². The molecule has 104 valence electrons. The van der Waals surface area contributed by atoms with Crippen molar-refractivity contribution in [1.29, 1.82) is 0 Å². The van der Waals surface area contributed by atoms with Crippen molar-refractivity contribution in [1.82, 2.24) is 9.80 Å². The van der Waals surface area contributed by atoms with Crippen molar-refractivity contribution in [3.8, 4) is 0 Å². The molecule has 2 amide bonds. The van der Waals surface area contributed by atoms with Crippen molar-refractivity contribution >= 4 is 11.8 Å². The standard InChI is InChI=1S/C13H24N2O3/c1-3-12(17)15-7-5-6-11(10-15)13(18)14(4-2)8-9-16/h11,16H,3-10H2,1-2H3. The maximum absolute atomic E-state index is 12.3. The number of nitrogens with zero attached hydrogens (tertiary/aromatic N) is 2. The van der Waals surface area contributed by atoms with Crippen LogP contribution in [-0.4, -0.2) is 59.5 Å². The molecule has 1 heterocycles. The van der Waals surface area contributed by atoms with E-state index in [0.29, 0.717) is 26.1 Å². The molecule has 1 atom stereocenters. The number of hydrogen-bond donors (Lipinski definition) is 1. The number of rotatable bonds is 5. The van der Waals surface area contributed by atoms with Gasteiger partial charge in [0.1, 0.15) is 0 Å². The van der Waals surface area contributed by atoms with Crippen LogP contribution in [0.1, 0.15) is 33.1 Å². The van der Waals surface area contributed by atoms with E-state index < -0.39 is 0 Å². The van der Waals surface area contributed by atoms with Gasteiger partial charge in [-0.05, 0) is 19.8 Å². The largest absolute Gasteiger partial charge is 0.395 e. The fraction of sp³-hybridized carbons (Fsp3) is 0.846. The number of piperidine rings is 1. The summed E-state index contributed by atoms with van der Waals surface area (Å²) < 4.78 is 0. The minimum atomic E-state index is -0.0965. The normalized spacial score (nSPS) is 19.7. The maximum Gasteiger partial charge on any atom is 0.227 e. The van der Waals surface area contributed by atoms with Gasteiger partial charge in [0.05, 0.1) is 12.5 Å². The van der Waals surface area contributed by atoms with Crippen LogP contribution in [0.3, 0.4) is 0 Å². The first kappa shape index (κ1) is 15.0. The summed E-state index contributed by atoms with van der Waals surface area (Å²) in [6, 6.07) is 0. The second-order valence-corrected chi connectivity index (χ2v) is 4.67. The lowest BCUT2D eigenvalue weighted by Crippen LogP contribution is -2.47. The Morgan fingerprint density at radius 1 is 1.39 bits per heavy atom. The molecule has 0 aromatic carbocycles. The second kappa shape index (κ2) is 7.36. The second-order valence-electron chi connectivity index (χ2n) is 4.67. The van der Waals surface area contributed by atoms with Crippen LogP contribution in [0.25, 0.3) is 0 Å². The minimum absolute atomic E-state index is 0.0100. The molecule has 0 aliphatic carbocycles. The van der Waals surface area contributed by atoms with Crippen LogP contribution in [-0.2, 0) is 9.59 Å². The molecular formula is C13H24N2O3. The van der Waals surface area contributed by atoms with Gasteiger partial charge in [0, 0.05) is 32.6 Å². The number of aliphatic hydroxyl groups excluding tert-OH is 1. The number of amides is 2. The Bertz CT molecular complexity index is 294. The summed E-state index contributed by atoms with van der Waals surface area (Å²) in [4.78, 5) is 27.4. The molecule has 5 heteroatoms. The molecule has 1 rings (SSSR count). The molecule has 1 N–H and O–H groups in total. The van der Waals surface area contributed by atoms with E-state index in [1.54, 1.807) is 9.80 Å². The van der Waals surface area contributed by atoms with Gasteiger partial charge in [-0.1, -0.05) is 6.92 Å². The van der Waals surface area contributed by atoms with Gasteiger partial charge in [-0.2, -0.15) is 0 Å². The molecule has 1 fully saturated rings. The van der Waals surface area contributed by atoms with E-state index in [0.717, 1.165) is 19.4 Å². The van der Waals surface area contributed by atoms with E-state index in [-0.39, 0.29) is 24.3 Å². The van der Waals surface area contributed by atoms with E-state index >= 15 is 0 Å². The number of likely N-dealkylation sites (tertiary alicyclic amines) is 1. The zero-order valence-corrected chi connectivity index (χ0v) is 11.4. The van der Waals surface area contributed by atoms with Gasteiger partial charge < -0.3 is 14.9 Å². The molecule has 1 aliphatic rings. The van der Waals surface area contributed by atoms with Crippen molar-refractivity contribution in [2.45, 2.75) is 33.1 Å². The Morgan fingerprint density at radius 2 is 2.11 bits per heavy atom. The lowest BCUT2D eigenvalue weighted by atomic mass is 9.96. The van der Waals surface area contributed by atoms with Gasteiger partial charge >= 0.3 is 0 Å². The fourth-order valence-corrected chi connectivity index (χ4v) is 2.43. The quantitative estimate of drug-likeness (QED) is 0.778. The van der Waals surface area contributed by atoms with Crippen LogP contribution in [0.4, 0.5) is 0 Å². The minimum Gasteiger partial charge on any atom is -0.395 e. The maximum atomic E-state index is 12.3. The molecule has 0 saturated carbocycles. The van der Waals surface area contributed by atoms with Gasteiger partial charge in [0.2, 0.25) is 11.8 Å². The van der Waals surface area contributed by atoms with Gasteiger partial charge in [-0.25, -0.2) is 0 Å². The summed E-state index contributed by atoms with van der Waals surface area (Å²) in [5.41, 5.74) is 0. The molecule has 1 aliphatic heterocycles. The third kappa shape index (κ3) is 3.70. The van der Waals surface area contributed by atoms with Gasteiger partial charge in [0.15, 0.2) is 0 Å². The molecule has 1 unspecified atom stereocenters. The summed E-state index contributed by atoms with van der Waals surface area (Å²) in [6.07, 6.45) is 2.22. The predicted molar refractivity (Wildman–Crippen MR) is 68.9 cm³/mol. The molecule has 0 spiro atoms. The van der Waals surface area contributed by atoms with Crippen LogP contribution < -0.4 is 0 Å². The number of aliphatic hydroxyl groups is 1. The smallest absolute Gasteiger partial charge is 0.227 e. The monoisotopic (exact) mass is 256 g/mol. The van der Waals surface area contributed by atoms with Crippen LogP contribution in [0, 0.1) is 5.92 Å². The Hall–Kier alpha value is -1.10. The van der Waals surface area contributed by atoms with Crippen LogP contribution in [0.15, 0.2) is 0 Å². The first-order valence-corrected chi connectivity index (χ1v) is 6.81. The van der Waals surface area contributed by atoms with Crippen molar-refractivity contribution in [3.63, 3.8) is 0 Å². The van der Waals surface area contributed by atoms with E-state index in [9.17, 15) is 9.59 Å². The third-order valence-corrected chi connectivity index (χ3v) is 3.49. The summed E-state index contributed by atoms with van der Waals surface area (Å²) in [7, 11) is 0. The topological polar surface area (TPSA) is 60.9 Å². The van der Waals surface area contributed by atoms with Crippen LogP contribution >= 0.6 is 0 Å². The molecule has 18 heavy (non-hydrogen) atoms. The van der Waals surface area contributed by atoms with Crippen LogP contribution in [0.2, 0.25) is 0 Å². The first-order chi connectivity index (χ1) is 8.63. The highest BCUT2D eigenvalue weighted by Crippen LogP contribution is 2.19. The van der Waals surface area contributed by atoms with Crippen molar-refractivity contribution in [2.75, 3.05) is 32.8 Å². The SMILES string of the molecule is CCC(=O)N1CCCC(C(=O)N(CC)CCO)C1. The number of hydrogen-bond acceptors (Lipinski definition) is 3. The number of likely N-dealkylation sites (N-methyl/N-ethyl adjacent to an activating group) is 1. The van der Waals surface area contributed by atoms with Crippen LogP contribution in [0.5, 0.6) is 0 Å². The van der Waals surface area contributed by atoms with Crippen molar-refractivity contribution in [3.05, 3.63) is 0 Å². The van der Waals surface area contributed by atoms with E-state index in [2.05, 4.69) is 0 Å². The zero-order valence-electron chi connectivity index (χ0n) is 11.4. The highest BCUT2D eigenvalue weighted by Gasteiger charge is 2.29. The average Bonchev–Trinajstić information content (AvgIpc) is 2.43. The van der Waals surface area contributed by atoms with Gasteiger partial charge in [-0.15, -0.1) is 0 Å². The summed E-state index contributed by atoms with van der Waals surface area (Å²) >= 11 is 0. The Kier molecular flexibility index (Phi) is 6.12. The van der Waals surface area contributed by atoms with Gasteiger partial charge in [-0.3, -0.25) is 9.59 Å². The average molecular weight is 256 g/mol. The lowest BCUT2D eigenvalue weighted by Gasteiger charge is -2.34. The third-order valence-electron chi connectivity index (χ3n) is 3.49. The lowest BCUT2D eigenvalue weighted by molar-refractivity contribution is -0.141. The molecule has 0 radical (unpaired) electrons. The molecule has 5 nitrogen and oxygen atoms in total. The Labute approximate surface area is 109 Å². The van der Waals surface area contributed by atoms with E-state index in [4.69, 9.17) is 5.11 Å². The molecule has 0 aromatic rings. The number of carbonyl (C=O) groups excluding carboxylic acids is 2. The van der Waals surface area contributed by atoms with E-state index in [1.165, 1.54) is 0 Å². The van der Waals surface area contributed by atoms with Crippen molar-refractivity contribution < 1.29 is 14.7 Å². The molecule has 1 saturated heterocycles.